The zero-order chi connectivity index (χ0) is 16.9. The van der Waals surface area contributed by atoms with E-state index in [0.29, 0.717) is 16.4 Å². The summed E-state index contributed by atoms with van der Waals surface area (Å²) in [6.45, 7) is 5.84. The molecule has 0 aliphatic heterocycles. The van der Waals surface area contributed by atoms with Crippen LogP contribution in [0.5, 0.6) is 0 Å². The molecule has 0 aliphatic carbocycles. The zero-order valence-corrected chi connectivity index (χ0v) is 14.3. The molecule has 23 heavy (non-hydrogen) atoms. The van der Waals surface area contributed by atoms with Crippen LogP contribution < -0.4 is 16.0 Å². The molecule has 0 heterocycles. The Morgan fingerprint density at radius 3 is 2.17 bits per heavy atom. The summed E-state index contributed by atoms with van der Waals surface area (Å²) in [4.78, 5) is 12.4. The van der Waals surface area contributed by atoms with E-state index in [1.54, 1.807) is 6.07 Å². The Hall–Kier alpha value is -2.40. The third-order valence-corrected chi connectivity index (χ3v) is 3.14. The molecular formula is C18H21N3OS. The largest absolute Gasteiger partial charge is 0.347 e. The molecule has 0 atom stereocenters. The third kappa shape index (κ3) is 5.38. The minimum Gasteiger partial charge on any atom is -0.347 e. The van der Waals surface area contributed by atoms with Gasteiger partial charge in [0, 0.05) is 11.2 Å². The molecule has 3 N–H and O–H groups in total. The van der Waals surface area contributed by atoms with E-state index in [4.69, 9.17) is 12.2 Å². The summed E-state index contributed by atoms with van der Waals surface area (Å²) in [5, 5.41) is 9.57. The number of benzene rings is 2. The molecule has 0 aliphatic rings. The van der Waals surface area contributed by atoms with Crippen LogP contribution in [0.2, 0.25) is 0 Å². The van der Waals surface area contributed by atoms with E-state index in [1.165, 1.54) is 0 Å². The molecule has 0 unspecified atom stereocenters. The van der Waals surface area contributed by atoms with Crippen molar-refractivity contribution >= 4 is 34.6 Å². The van der Waals surface area contributed by atoms with Crippen molar-refractivity contribution < 1.29 is 4.79 Å². The van der Waals surface area contributed by atoms with E-state index in [0.717, 1.165) is 5.69 Å². The molecule has 0 saturated carbocycles. The Morgan fingerprint density at radius 2 is 1.52 bits per heavy atom. The van der Waals surface area contributed by atoms with Crippen molar-refractivity contribution in [2.45, 2.75) is 26.3 Å². The van der Waals surface area contributed by atoms with Gasteiger partial charge >= 0.3 is 0 Å². The molecule has 2 aromatic rings. The molecule has 2 rings (SSSR count). The highest BCUT2D eigenvalue weighted by atomic mass is 32.1. The first-order chi connectivity index (χ1) is 10.8. The fourth-order valence-electron chi connectivity index (χ4n) is 2.00. The normalized spacial score (nSPS) is 10.7. The van der Waals surface area contributed by atoms with Crippen LogP contribution >= 0.6 is 12.2 Å². The maximum Gasteiger partial charge on any atom is 0.253 e. The predicted octanol–water partition coefficient (Wildman–Crippen LogP) is 4.02. The third-order valence-electron chi connectivity index (χ3n) is 2.94. The SMILES string of the molecule is CC(C)(C)NC(=O)c1ccccc1NC(=S)Nc1ccccc1. The van der Waals surface area contributed by atoms with Crippen LogP contribution in [-0.2, 0) is 0 Å². The Kier molecular flexibility index (Phi) is 5.34. The Balaban J connectivity index is 2.11. The van der Waals surface area contributed by atoms with Crippen molar-refractivity contribution in [1.29, 1.82) is 0 Å². The Bertz CT molecular complexity index is 693. The molecule has 1 amide bonds. The van der Waals surface area contributed by atoms with Crippen molar-refractivity contribution in [3.8, 4) is 0 Å². The number of anilines is 2. The molecular weight excluding hydrogens is 306 g/mol. The quantitative estimate of drug-likeness (QED) is 0.745. The van der Waals surface area contributed by atoms with Gasteiger partial charge in [0.25, 0.3) is 5.91 Å². The fourth-order valence-corrected chi connectivity index (χ4v) is 2.23. The second-order valence-electron chi connectivity index (χ2n) is 6.19. The summed E-state index contributed by atoms with van der Waals surface area (Å²) in [5.74, 6) is -0.136. The van der Waals surface area contributed by atoms with Crippen LogP contribution in [0.25, 0.3) is 0 Å². The molecule has 5 heteroatoms. The Labute approximate surface area is 142 Å². The highest BCUT2D eigenvalue weighted by molar-refractivity contribution is 7.80. The topological polar surface area (TPSA) is 53.2 Å². The lowest BCUT2D eigenvalue weighted by molar-refractivity contribution is 0.0920. The van der Waals surface area contributed by atoms with Gasteiger partial charge in [-0.2, -0.15) is 0 Å². The number of rotatable bonds is 3. The van der Waals surface area contributed by atoms with E-state index in [2.05, 4.69) is 16.0 Å². The van der Waals surface area contributed by atoms with Gasteiger partial charge in [-0.05, 0) is 57.3 Å². The van der Waals surface area contributed by atoms with Crippen LogP contribution in [0.4, 0.5) is 11.4 Å². The van der Waals surface area contributed by atoms with Gasteiger partial charge in [-0.1, -0.05) is 30.3 Å². The van der Waals surface area contributed by atoms with E-state index in [-0.39, 0.29) is 11.4 Å². The van der Waals surface area contributed by atoms with Crippen LogP contribution in [-0.4, -0.2) is 16.6 Å². The summed E-state index contributed by atoms with van der Waals surface area (Å²) in [7, 11) is 0. The number of nitrogens with one attached hydrogen (secondary N) is 3. The highest BCUT2D eigenvalue weighted by Gasteiger charge is 2.18. The van der Waals surface area contributed by atoms with Gasteiger partial charge < -0.3 is 16.0 Å². The number of hydrogen-bond donors (Lipinski definition) is 3. The van der Waals surface area contributed by atoms with Gasteiger partial charge in [-0.25, -0.2) is 0 Å². The molecule has 120 valence electrons. The zero-order valence-electron chi connectivity index (χ0n) is 13.5. The summed E-state index contributed by atoms with van der Waals surface area (Å²) in [6.07, 6.45) is 0. The number of thiocarbonyl (C=S) groups is 1. The lowest BCUT2D eigenvalue weighted by atomic mass is 10.1. The summed E-state index contributed by atoms with van der Waals surface area (Å²) in [5.41, 5.74) is 1.82. The number of hydrogen-bond acceptors (Lipinski definition) is 2. The molecule has 0 spiro atoms. The van der Waals surface area contributed by atoms with Gasteiger partial charge in [0.05, 0.1) is 11.3 Å². The predicted molar refractivity (Wildman–Crippen MR) is 99.9 cm³/mol. The van der Waals surface area contributed by atoms with Crippen molar-refractivity contribution in [2.24, 2.45) is 0 Å². The lowest BCUT2D eigenvalue weighted by Crippen LogP contribution is -2.41. The summed E-state index contributed by atoms with van der Waals surface area (Å²) in [6, 6.07) is 16.9. The molecule has 2 aromatic carbocycles. The summed E-state index contributed by atoms with van der Waals surface area (Å²) < 4.78 is 0. The average molecular weight is 327 g/mol. The van der Waals surface area contributed by atoms with Crippen molar-refractivity contribution in [3.05, 3.63) is 60.2 Å². The van der Waals surface area contributed by atoms with Crippen LogP contribution in [0.15, 0.2) is 54.6 Å². The minimum absolute atomic E-state index is 0.136. The van der Waals surface area contributed by atoms with E-state index in [1.807, 2.05) is 69.3 Å². The first-order valence-corrected chi connectivity index (χ1v) is 7.80. The molecule has 0 aromatic heterocycles. The van der Waals surface area contributed by atoms with Crippen LogP contribution in [0.1, 0.15) is 31.1 Å². The molecule has 0 fully saturated rings. The monoisotopic (exact) mass is 327 g/mol. The standard InChI is InChI=1S/C18H21N3OS/c1-18(2,3)21-16(22)14-11-7-8-12-15(14)20-17(23)19-13-9-5-4-6-10-13/h4-12H,1-3H3,(H,21,22)(H2,19,20,23). The maximum absolute atomic E-state index is 12.4. The molecule has 0 radical (unpaired) electrons. The number of amides is 1. The Morgan fingerprint density at radius 1 is 0.913 bits per heavy atom. The van der Waals surface area contributed by atoms with Crippen LogP contribution in [0.3, 0.4) is 0 Å². The van der Waals surface area contributed by atoms with Crippen molar-refractivity contribution in [2.75, 3.05) is 10.6 Å². The summed E-state index contributed by atoms with van der Waals surface area (Å²) >= 11 is 5.32. The van der Waals surface area contributed by atoms with E-state index in [9.17, 15) is 4.79 Å². The average Bonchev–Trinajstić information content (AvgIpc) is 2.47. The minimum atomic E-state index is -0.299. The number of carbonyl (C=O) groups excluding carboxylic acids is 1. The van der Waals surface area contributed by atoms with E-state index < -0.39 is 0 Å². The van der Waals surface area contributed by atoms with E-state index >= 15 is 0 Å². The van der Waals surface area contributed by atoms with Gasteiger partial charge in [0.15, 0.2) is 5.11 Å². The first kappa shape index (κ1) is 17.0. The maximum atomic E-state index is 12.4. The van der Waals surface area contributed by atoms with Crippen LogP contribution in [0, 0.1) is 0 Å². The molecule has 4 nitrogen and oxygen atoms in total. The molecule has 0 saturated heterocycles. The van der Waals surface area contributed by atoms with Crippen molar-refractivity contribution in [1.82, 2.24) is 5.32 Å². The number of carbonyl (C=O) groups is 1. The second kappa shape index (κ2) is 7.24. The van der Waals surface area contributed by atoms with Crippen molar-refractivity contribution in [3.63, 3.8) is 0 Å². The fraction of sp³-hybridized carbons (Fsp3) is 0.222. The van der Waals surface area contributed by atoms with Gasteiger partial charge in [0.1, 0.15) is 0 Å². The smallest absolute Gasteiger partial charge is 0.253 e. The van der Waals surface area contributed by atoms with Gasteiger partial charge in [-0.15, -0.1) is 0 Å². The molecule has 0 bridgehead atoms. The first-order valence-electron chi connectivity index (χ1n) is 7.40. The highest BCUT2D eigenvalue weighted by Crippen LogP contribution is 2.17. The van der Waals surface area contributed by atoms with Gasteiger partial charge in [0.2, 0.25) is 0 Å². The lowest BCUT2D eigenvalue weighted by Gasteiger charge is -2.22. The van der Waals surface area contributed by atoms with Gasteiger partial charge in [-0.3, -0.25) is 4.79 Å². The second-order valence-corrected chi connectivity index (χ2v) is 6.60. The number of para-hydroxylation sites is 2.